The summed E-state index contributed by atoms with van der Waals surface area (Å²) in [5, 5.41) is 4.00. The van der Waals surface area contributed by atoms with Gasteiger partial charge in [-0.1, -0.05) is 30.1 Å². The van der Waals surface area contributed by atoms with Crippen molar-refractivity contribution >= 4 is 0 Å². The summed E-state index contributed by atoms with van der Waals surface area (Å²) >= 11 is 0. The number of hydrogen-bond donors (Lipinski definition) is 1. The minimum absolute atomic E-state index is 0.237. The Balaban J connectivity index is 1.61. The average molecular weight is 289 g/mol. The largest absolute Gasteiger partial charge is 0.339 e. The van der Waals surface area contributed by atoms with E-state index < -0.39 is 0 Å². The first-order valence-electron chi connectivity index (χ1n) is 7.52. The number of nitrogens with two attached hydrogens (primary N) is 1. The number of nitrogens with zero attached hydrogens (tertiary/aromatic N) is 2. The third-order valence-electron chi connectivity index (χ3n) is 4.19. The van der Waals surface area contributed by atoms with Crippen LogP contribution in [0.4, 0.5) is 4.39 Å². The molecule has 2 unspecified atom stereocenters. The first kappa shape index (κ1) is 14.2. The van der Waals surface area contributed by atoms with E-state index in [2.05, 4.69) is 10.1 Å². The molecule has 1 heterocycles. The Morgan fingerprint density at radius 2 is 1.95 bits per heavy atom. The molecule has 0 aliphatic heterocycles. The van der Waals surface area contributed by atoms with Crippen LogP contribution in [0.1, 0.15) is 43.0 Å². The first-order valence-corrected chi connectivity index (χ1v) is 7.52. The minimum atomic E-state index is -0.237. The molecular weight excluding hydrogens is 269 g/mol. The summed E-state index contributed by atoms with van der Waals surface area (Å²) in [7, 11) is 0. The van der Waals surface area contributed by atoms with Gasteiger partial charge in [-0.3, -0.25) is 0 Å². The summed E-state index contributed by atoms with van der Waals surface area (Å²) in [5.74, 6) is 1.51. The third-order valence-corrected chi connectivity index (χ3v) is 4.19. The molecule has 1 aliphatic carbocycles. The van der Waals surface area contributed by atoms with Crippen LogP contribution in [0.3, 0.4) is 0 Å². The summed E-state index contributed by atoms with van der Waals surface area (Å²) < 4.78 is 18.2. The molecule has 4 nitrogen and oxygen atoms in total. The van der Waals surface area contributed by atoms with Crippen molar-refractivity contribution in [3.8, 4) is 0 Å². The zero-order valence-corrected chi connectivity index (χ0v) is 12.0. The van der Waals surface area contributed by atoms with E-state index >= 15 is 0 Å². The van der Waals surface area contributed by atoms with E-state index in [4.69, 9.17) is 10.3 Å². The van der Waals surface area contributed by atoms with Gasteiger partial charge in [-0.2, -0.15) is 4.98 Å². The predicted octanol–water partition coefficient (Wildman–Crippen LogP) is 2.86. The molecular formula is C16H20FN3O. The van der Waals surface area contributed by atoms with Gasteiger partial charge in [-0.05, 0) is 36.5 Å². The molecule has 0 spiro atoms. The van der Waals surface area contributed by atoms with Crippen LogP contribution in [0, 0.1) is 11.7 Å². The highest BCUT2D eigenvalue weighted by Gasteiger charge is 2.24. The number of benzene rings is 1. The maximum atomic E-state index is 12.9. The Morgan fingerprint density at radius 1 is 1.19 bits per heavy atom. The highest BCUT2D eigenvalue weighted by atomic mass is 19.1. The Hall–Kier alpha value is -1.75. The van der Waals surface area contributed by atoms with Gasteiger partial charge in [0.15, 0.2) is 5.82 Å². The number of aromatic nitrogens is 2. The quantitative estimate of drug-likeness (QED) is 0.940. The van der Waals surface area contributed by atoms with E-state index in [9.17, 15) is 4.39 Å². The lowest BCUT2D eigenvalue weighted by Crippen LogP contribution is -2.34. The van der Waals surface area contributed by atoms with Crippen molar-refractivity contribution in [1.29, 1.82) is 0 Å². The Kier molecular flexibility index (Phi) is 4.29. The van der Waals surface area contributed by atoms with E-state index in [1.165, 1.54) is 25.0 Å². The molecule has 112 valence electrons. The molecule has 1 aromatic carbocycles. The fourth-order valence-electron chi connectivity index (χ4n) is 2.94. The van der Waals surface area contributed by atoms with Crippen molar-refractivity contribution in [2.24, 2.45) is 11.7 Å². The molecule has 5 heteroatoms. The summed E-state index contributed by atoms with van der Waals surface area (Å²) in [5.41, 5.74) is 7.12. The molecule has 2 N–H and O–H groups in total. The van der Waals surface area contributed by atoms with Crippen LogP contribution in [0.15, 0.2) is 28.8 Å². The second-order valence-electron chi connectivity index (χ2n) is 5.82. The van der Waals surface area contributed by atoms with Crippen LogP contribution in [0.25, 0.3) is 0 Å². The predicted molar refractivity (Wildman–Crippen MR) is 77.1 cm³/mol. The SMILES string of the molecule is NC1CCCCC1Cc1nc(Cc2ccc(F)cc2)no1. The molecule has 1 fully saturated rings. The van der Waals surface area contributed by atoms with Gasteiger partial charge in [0, 0.05) is 18.9 Å². The summed E-state index contributed by atoms with van der Waals surface area (Å²) in [6.07, 6.45) is 5.99. The summed E-state index contributed by atoms with van der Waals surface area (Å²) in [4.78, 5) is 4.43. The van der Waals surface area contributed by atoms with Crippen LogP contribution in [0.5, 0.6) is 0 Å². The van der Waals surface area contributed by atoms with Crippen LogP contribution >= 0.6 is 0 Å². The molecule has 2 aromatic rings. The smallest absolute Gasteiger partial charge is 0.226 e. The van der Waals surface area contributed by atoms with E-state index in [0.29, 0.717) is 24.1 Å². The highest BCUT2D eigenvalue weighted by Crippen LogP contribution is 2.25. The molecule has 1 aromatic heterocycles. The zero-order chi connectivity index (χ0) is 14.7. The number of halogens is 1. The second kappa shape index (κ2) is 6.35. The molecule has 2 atom stereocenters. The molecule has 0 bridgehead atoms. The maximum absolute atomic E-state index is 12.9. The minimum Gasteiger partial charge on any atom is -0.339 e. The van der Waals surface area contributed by atoms with E-state index in [1.807, 2.05) is 0 Å². The average Bonchev–Trinajstić information content (AvgIpc) is 2.91. The highest BCUT2D eigenvalue weighted by molar-refractivity contribution is 5.19. The lowest BCUT2D eigenvalue weighted by Gasteiger charge is -2.27. The van der Waals surface area contributed by atoms with Gasteiger partial charge in [-0.25, -0.2) is 4.39 Å². The Bertz CT molecular complexity index is 581. The molecule has 0 radical (unpaired) electrons. The molecule has 0 saturated heterocycles. The third kappa shape index (κ3) is 3.67. The van der Waals surface area contributed by atoms with Crippen LogP contribution < -0.4 is 5.73 Å². The van der Waals surface area contributed by atoms with Gasteiger partial charge in [0.25, 0.3) is 0 Å². The van der Waals surface area contributed by atoms with Gasteiger partial charge in [-0.15, -0.1) is 0 Å². The molecule has 1 saturated carbocycles. The molecule has 0 amide bonds. The van der Waals surface area contributed by atoms with Crippen LogP contribution in [-0.2, 0) is 12.8 Å². The van der Waals surface area contributed by atoms with E-state index in [-0.39, 0.29) is 11.9 Å². The Morgan fingerprint density at radius 3 is 2.71 bits per heavy atom. The first-order chi connectivity index (χ1) is 10.2. The van der Waals surface area contributed by atoms with Gasteiger partial charge in [0.05, 0.1) is 0 Å². The van der Waals surface area contributed by atoms with Crippen LogP contribution in [0.2, 0.25) is 0 Å². The van der Waals surface area contributed by atoms with Gasteiger partial charge >= 0.3 is 0 Å². The van der Waals surface area contributed by atoms with E-state index in [1.54, 1.807) is 12.1 Å². The van der Waals surface area contributed by atoms with Crippen molar-refractivity contribution in [3.63, 3.8) is 0 Å². The normalized spacial score (nSPS) is 22.4. The number of rotatable bonds is 4. The molecule has 21 heavy (non-hydrogen) atoms. The van der Waals surface area contributed by atoms with Crippen molar-refractivity contribution in [2.45, 2.75) is 44.6 Å². The molecule has 3 rings (SSSR count). The van der Waals surface area contributed by atoms with Gasteiger partial charge < -0.3 is 10.3 Å². The van der Waals surface area contributed by atoms with E-state index in [0.717, 1.165) is 24.8 Å². The second-order valence-corrected chi connectivity index (χ2v) is 5.82. The zero-order valence-electron chi connectivity index (χ0n) is 12.0. The van der Waals surface area contributed by atoms with Gasteiger partial charge in [0.1, 0.15) is 5.82 Å². The van der Waals surface area contributed by atoms with Crippen molar-refractivity contribution < 1.29 is 8.91 Å². The van der Waals surface area contributed by atoms with Crippen molar-refractivity contribution in [3.05, 3.63) is 47.4 Å². The number of hydrogen-bond acceptors (Lipinski definition) is 4. The van der Waals surface area contributed by atoms with Crippen molar-refractivity contribution in [1.82, 2.24) is 10.1 Å². The fraction of sp³-hybridized carbons (Fsp3) is 0.500. The fourth-order valence-corrected chi connectivity index (χ4v) is 2.94. The lowest BCUT2D eigenvalue weighted by molar-refractivity contribution is 0.273. The maximum Gasteiger partial charge on any atom is 0.226 e. The van der Waals surface area contributed by atoms with Crippen LogP contribution in [-0.4, -0.2) is 16.2 Å². The summed E-state index contributed by atoms with van der Waals surface area (Å²) in [6, 6.07) is 6.60. The monoisotopic (exact) mass is 289 g/mol. The Labute approximate surface area is 123 Å². The lowest BCUT2D eigenvalue weighted by atomic mass is 9.83. The topological polar surface area (TPSA) is 64.9 Å². The van der Waals surface area contributed by atoms with Crippen molar-refractivity contribution in [2.75, 3.05) is 0 Å². The van der Waals surface area contributed by atoms with Gasteiger partial charge in [0.2, 0.25) is 5.89 Å². The standard InChI is InChI=1S/C16H20FN3O/c17-13-7-5-11(6-8-13)9-15-19-16(21-20-15)10-12-3-1-2-4-14(12)18/h5-8,12,14H,1-4,9-10,18H2. The summed E-state index contributed by atoms with van der Waals surface area (Å²) in [6.45, 7) is 0. The molecule has 1 aliphatic rings.